The monoisotopic (exact) mass is 351 g/mol. The molecule has 3 heterocycles. The summed E-state index contributed by atoms with van der Waals surface area (Å²) >= 11 is 1.78. The molecule has 0 atom stereocenters. The van der Waals surface area contributed by atoms with Gasteiger partial charge < -0.3 is 9.88 Å². The third kappa shape index (κ3) is 3.53. The van der Waals surface area contributed by atoms with Crippen molar-refractivity contribution in [2.75, 3.05) is 25.0 Å². The summed E-state index contributed by atoms with van der Waals surface area (Å²) in [5, 5.41) is 14.6. The van der Waals surface area contributed by atoms with Crippen LogP contribution in [0.3, 0.4) is 0 Å². The summed E-state index contributed by atoms with van der Waals surface area (Å²) in [4.78, 5) is 8.38. The predicted octanol–water partition coefficient (Wildman–Crippen LogP) is 3.55. The van der Waals surface area contributed by atoms with Gasteiger partial charge in [0, 0.05) is 24.0 Å². The first-order chi connectivity index (χ1) is 12.3. The van der Waals surface area contributed by atoms with Crippen LogP contribution < -0.4 is 5.32 Å². The van der Waals surface area contributed by atoms with E-state index in [9.17, 15) is 0 Å². The molecule has 25 heavy (non-hydrogen) atoms. The van der Waals surface area contributed by atoms with Gasteiger partial charge >= 0.3 is 0 Å². The quantitative estimate of drug-likeness (QED) is 0.714. The number of benzene rings is 1. The second kappa shape index (κ2) is 7.26. The number of para-hydroxylation sites is 2. The number of thiophene rings is 1. The Balaban J connectivity index is 1.56. The van der Waals surface area contributed by atoms with Crippen LogP contribution in [0.25, 0.3) is 11.0 Å². The maximum atomic E-state index is 8.84. The predicted molar refractivity (Wildman–Crippen MR) is 102 cm³/mol. The average molecular weight is 351 g/mol. The van der Waals surface area contributed by atoms with E-state index in [0.29, 0.717) is 12.6 Å². The zero-order valence-electron chi connectivity index (χ0n) is 14.1. The molecule has 2 aromatic heterocycles. The Morgan fingerprint density at radius 1 is 1.20 bits per heavy atom. The van der Waals surface area contributed by atoms with E-state index in [0.717, 1.165) is 43.9 Å². The van der Waals surface area contributed by atoms with E-state index in [1.165, 1.54) is 10.4 Å². The van der Waals surface area contributed by atoms with Gasteiger partial charge in [-0.1, -0.05) is 18.2 Å². The van der Waals surface area contributed by atoms with Crippen molar-refractivity contribution in [1.82, 2.24) is 14.5 Å². The molecule has 0 radical (unpaired) electrons. The number of hydrogen-bond donors (Lipinski definition) is 1. The van der Waals surface area contributed by atoms with Crippen LogP contribution in [0.2, 0.25) is 0 Å². The lowest BCUT2D eigenvalue weighted by Crippen LogP contribution is -2.39. The number of likely N-dealkylation sites (tertiary alicyclic amines) is 1. The standard InChI is InChI=1S/C19H21N5S/c20-9-12-23-10-7-15(8-11-23)21-19-22-17-5-1-2-6-18(17)24(19)14-16-4-3-13-25-16/h1-6,13,15H,7-8,10-12,14H2,(H,21,22). The molecule has 3 aromatic rings. The van der Waals surface area contributed by atoms with Gasteiger partial charge in [0.25, 0.3) is 0 Å². The zero-order chi connectivity index (χ0) is 17.1. The molecule has 1 aromatic carbocycles. The highest BCUT2D eigenvalue weighted by Crippen LogP contribution is 2.24. The molecular formula is C19H21N5S. The summed E-state index contributed by atoms with van der Waals surface area (Å²) in [5.74, 6) is 0.952. The average Bonchev–Trinajstić information content (AvgIpc) is 3.26. The SMILES string of the molecule is N#CCN1CCC(Nc2nc3ccccc3n2Cc2cccs2)CC1. The number of nitrogens with one attached hydrogen (secondary N) is 1. The molecule has 0 bridgehead atoms. The van der Waals surface area contributed by atoms with Gasteiger partial charge in [-0.25, -0.2) is 4.98 Å². The molecule has 1 aliphatic rings. The van der Waals surface area contributed by atoms with Crippen LogP contribution in [0.1, 0.15) is 17.7 Å². The van der Waals surface area contributed by atoms with Crippen molar-refractivity contribution in [2.45, 2.75) is 25.4 Å². The fourth-order valence-corrected chi connectivity index (χ4v) is 4.11. The molecule has 0 amide bonds. The largest absolute Gasteiger partial charge is 0.353 e. The molecule has 0 saturated carbocycles. The minimum atomic E-state index is 0.411. The Kier molecular flexibility index (Phi) is 4.68. The molecule has 1 saturated heterocycles. The molecule has 1 aliphatic heterocycles. The summed E-state index contributed by atoms with van der Waals surface area (Å²) in [6.07, 6.45) is 2.09. The van der Waals surface area contributed by atoms with Crippen LogP contribution in [0.4, 0.5) is 5.95 Å². The van der Waals surface area contributed by atoms with Crippen molar-refractivity contribution in [2.24, 2.45) is 0 Å². The number of rotatable bonds is 5. The second-order valence-electron chi connectivity index (χ2n) is 6.44. The molecule has 1 fully saturated rings. The molecule has 128 valence electrons. The van der Waals surface area contributed by atoms with Crippen LogP contribution in [0.15, 0.2) is 41.8 Å². The van der Waals surface area contributed by atoms with Crippen molar-refractivity contribution < 1.29 is 0 Å². The molecule has 6 heteroatoms. The van der Waals surface area contributed by atoms with Crippen LogP contribution in [-0.4, -0.2) is 40.1 Å². The van der Waals surface area contributed by atoms with Gasteiger partial charge in [-0.05, 0) is 36.4 Å². The third-order valence-corrected chi connectivity index (χ3v) is 5.62. The molecule has 0 unspecified atom stereocenters. The van der Waals surface area contributed by atoms with Gasteiger partial charge in [0.15, 0.2) is 0 Å². The molecule has 0 aliphatic carbocycles. The van der Waals surface area contributed by atoms with E-state index in [1.807, 2.05) is 6.07 Å². The van der Waals surface area contributed by atoms with Gasteiger partial charge in [-0.2, -0.15) is 5.26 Å². The number of nitrogens with zero attached hydrogens (tertiary/aromatic N) is 4. The number of imidazole rings is 1. The topological polar surface area (TPSA) is 56.9 Å². The lowest BCUT2D eigenvalue weighted by Gasteiger charge is -2.31. The number of anilines is 1. The fourth-order valence-electron chi connectivity index (χ4n) is 3.42. The Morgan fingerprint density at radius 3 is 2.80 bits per heavy atom. The minimum absolute atomic E-state index is 0.411. The minimum Gasteiger partial charge on any atom is -0.353 e. The van der Waals surface area contributed by atoms with E-state index in [4.69, 9.17) is 10.2 Å². The number of aromatic nitrogens is 2. The Morgan fingerprint density at radius 2 is 2.04 bits per heavy atom. The van der Waals surface area contributed by atoms with Crippen LogP contribution in [0.5, 0.6) is 0 Å². The fraction of sp³-hybridized carbons (Fsp3) is 0.368. The Bertz CT molecular complexity index is 869. The lowest BCUT2D eigenvalue weighted by molar-refractivity contribution is 0.242. The Labute approximate surface area is 151 Å². The molecular weight excluding hydrogens is 330 g/mol. The summed E-state index contributed by atoms with van der Waals surface area (Å²) in [6.45, 7) is 3.31. The molecule has 4 rings (SSSR count). The van der Waals surface area contributed by atoms with E-state index < -0.39 is 0 Å². The number of fused-ring (bicyclic) bond motifs is 1. The van der Waals surface area contributed by atoms with Crippen LogP contribution in [0, 0.1) is 11.3 Å². The summed E-state index contributed by atoms with van der Waals surface area (Å²) in [6, 6.07) is 15.2. The molecule has 0 spiro atoms. The van der Waals surface area contributed by atoms with Crippen molar-refractivity contribution in [1.29, 1.82) is 5.26 Å². The van der Waals surface area contributed by atoms with Crippen molar-refractivity contribution >= 4 is 28.3 Å². The summed E-state index contributed by atoms with van der Waals surface area (Å²) < 4.78 is 2.28. The van der Waals surface area contributed by atoms with Crippen LogP contribution in [-0.2, 0) is 6.54 Å². The van der Waals surface area contributed by atoms with Gasteiger partial charge in [0.1, 0.15) is 0 Å². The van der Waals surface area contributed by atoms with E-state index >= 15 is 0 Å². The first-order valence-corrected chi connectivity index (χ1v) is 9.55. The van der Waals surface area contributed by atoms with Gasteiger partial charge in [-0.15, -0.1) is 11.3 Å². The van der Waals surface area contributed by atoms with E-state index in [-0.39, 0.29) is 0 Å². The van der Waals surface area contributed by atoms with Crippen molar-refractivity contribution in [3.63, 3.8) is 0 Å². The third-order valence-electron chi connectivity index (χ3n) is 4.76. The van der Waals surface area contributed by atoms with Gasteiger partial charge in [-0.3, -0.25) is 4.90 Å². The first kappa shape index (κ1) is 16.1. The zero-order valence-corrected chi connectivity index (χ0v) is 14.9. The maximum absolute atomic E-state index is 8.84. The van der Waals surface area contributed by atoms with Crippen molar-refractivity contribution in [3.05, 3.63) is 46.7 Å². The van der Waals surface area contributed by atoms with E-state index in [1.54, 1.807) is 11.3 Å². The van der Waals surface area contributed by atoms with Crippen molar-refractivity contribution in [3.8, 4) is 6.07 Å². The number of hydrogen-bond acceptors (Lipinski definition) is 5. The highest BCUT2D eigenvalue weighted by atomic mass is 32.1. The van der Waals surface area contributed by atoms with Crippen LogP contribution >= 0.6 is 11.3 Å². The second-order valence-corrected chi connectivity index (χ2v) is 7.47. The van der Waals surface area contributed by atoms with Gasteiger partial charge in [0.05, 0.1) is 30.2 Å². The molecule has 5 nitrogen and oxygen atoms in total. The van der Waals surface area contributed by atoms with Gasteiger partial charge in [0.2, 0.25) is 5.95 Å². The number of piperidine rings is 1. The highest BCUT2D eigenvalue weighted by Gasteiger charge is 2.21. The first-order valence-electron chi connectivity index (χ1n) is 8.67. The Hall–Kier alpha value is -2.36. The summed E-state index contributed by atoms with van der Waals surface area (Å²) in [5.41, 5.74) is 2.20. The summed E-state index contributed by atoms with van der Waals surface area (Å²) in [7, 11) is 0. The number of nitriles is 1. The smallest absolute Gasteiger partial charge is 0.204 e. The normalized spacial score (nSPS) is 16.1. The maximum Gasteiger partial charge on any atom is 0.204 e. The molecule has 1 N–H and O–H groups in total. The van der Waals surface area contributed by atoms with E-state index in [2.05, 4.69) is 56.6 Å². The highest BCUT2D eigenvalue weighted by molar-refractivity contribution is 7.09. The lowest BCUT2D eigenvalue weighted by atomic mass is 10.1.